The summed E-state index contributed by atoms with van der Waals surface area (Å²) in [6.45, 7) is 12.8. The molecule has 0 heterocycles. The molecule has 18 heavy (non-hydrogen) atoms. The monoisotopic (exact) mass is 249 g/mol. The fourth-order valence-corrected chi connectivity index (χ4v) is 2.21. The zero-order valence-electron chi connectivity index (χ0n) is 12.6. The van der Waals surface area contributed by atoms with Crippen LogP contribution in [-0.4, -0.2) is 18.2 Å². The Kier molecular flexibility index (Phi) is 5.67. The third-order valence-corrected chi connectivity index (χ3v) is 2.76. The van der Waals surface area contributed by atoms with Crippen LogP contribution in [-0.2, 0) is 6.42 Å². The Balaban J connectivity index is 2.66. The number of hydrogen-bond donors (Lipinski definition) is 1. The van der Waals surface area contributed by atoms with E-state index < -0.39 is 0 Å². The van der Waals surface area contributed by atoms with Crippen molar-refractivity contribution in [3.05, 3.63) is 29.3 Å². The summed E-state index contributed by atoms with van der Waals surface area (Å²) in [6, 6.07) is 7.53. The Morgan fingerprint density at radius 3 is 2.28 bits per heavy atom. The molecule has 0 aliphatic carbocycles. The minimum Gasteiger partial charge on any atom is -0.491 e. The lowest BCUT2D eigenvalue weighted by Gasteiger charge is -2.18. The molecule has 1 unspecified atom stereocenters. The number of hydrogen-bond acceptors (Lipinski definition) is 2. The normalized spacial score (nSPS) is 13.1. The SMILES string of the molecule is Cc1cc(CC(C)NC(C)C)ccc1OC(C)C. The zero-order chi connectivity index (χ0) is 13.7. The molecule has 1 N–H and O–H groups in total. The van der Waals surface area contributed by atoms with Gasteiger partial charge >= 0.3 is 0 Å². The maximum Gasteiger partial charge on any atom is 0.122 e. The second-order valence-electron chi connectivity index (χ2n) is 5.69. The molecule has 0 amide bonds. The first-order valence-corrected chi connectivity index (χ1v) is 6.90. The van der Waals surface area contributed by atoms with E-state index in [-0.39, 0.29) is 6.10 Å². The third kappa shape index (κ3) is 5.09. The molecule has 0 aromatic heterocycles. The molecule has 0 spiro atoms. The van der Waals surface area contributed by atoms with Crippen LogP contribution in [0.4, 0.5) is 0 Å². The summed E-state index contributed by atoms with van der Waals surface area (Å²) in [6.07, 6.45) is 1.29. The van der Waals surface area contributed by atoms with Gasteiger partial charge in [0.25, 0.3) is 0 Å². The largest absolute Gasteiger partial charge is 0.491 e. The second kappa shape index (κ2) is 6.79. The maximum absolute atomic E-state index is 5.75. The summed E-state index contributed by atoms with van der Waals surface area (Å²) in [5.74, 6) is 0.998. The topological polar surface area (TPSA) is 21.3 Å². The first-order valence-electron chi connectivity index (χ1n) is 6.90. The van der Waals surface area contributed by atoms with Crippen LogP contribution >= 0.6 is 0 Å². The van der Waals surface area contributed by atoms with Crippen LogP contribution in [0, 0.1) is 6.92 Å². The van der Waals surface area contributed by atoms with E-state index in [1.165, 1.54) is 11.1 Å². The molecule has 2 nitrogen and oxygen atoms in total. The van der Waals surface area contributed by atoms with Crippen LogP contribution in [0.2, 0.25) is 0 Å². The summed E-state index contributed by atoms with van der Waals surface area (Å²) in [4.78, 5) is 0. The van der Waals surface area contributed by atoms with Gasteiger partial charge < -0.3 is 10.1 Å². The van der Waals surface area contributed by atoms with Gasteiger partial charge in [0.15, 0.2) is 0 Å². The average Bonchev–Trinajstić information content (AvgIpc) is 2.20. The van der Waals surface area contributed by atoms with Crippen LogP contribution in [0.25, 0.3) is 0 Å². The van der Waals surface area contributed by atoms with Gasteiger partial charge in [-0.2, -0.15) is 0 Å². The fourth-order valence-electron chi connectivity index (χ4n) is 2.21. The summed E-state index contributed by atoms with van der Waals surface area (Å²) in [7, 11) is 0. The standard InChI is InChI=1S/C16H27NO/c1-11(2)17-14(6)10-15-7-8-16(13(5)9-15)18-12(3)4/h7-9,11-12,14,17H,10H2,1-6H3. The zero-order valence-corrected chi connectivity index (χ0v) is 12.6. The Labute approximate surface area is 112 Å². The van der Waals surface area contributed by atoms with Crippen LogP contribution < -0.4 is 10.1 Å². The van der Waals surface area contributed by atoms with Crippen molar-refractivity contribution >= 4 is 0 Å². The predicted molar refractivity (Wildman–Crippen MR) is 78.4 cm³/mol. The van der Waals surface area contributed by atoms with Gasteiger partial charge in [-0.25, -0.2) is 0 Å². The van der Waals surface area contributed by atoms with Crippen LogP contribution in [0.1, 0.15) is 45.7 Å². The van der Waals surface area contributed by atoms with E-state index in [0.717, 1.165) is 12.2 Å². The van der Waals surface area contributed by atoms with Gasteiger partial charge in [-0.15, -0.1) is 0 Å². The van der Waals surface area contributed by atoms with Crippen molar-refractivity contribution in [3.63, 3.8) is 0 Å². The minimum atomic E-state index is 0.232. The molecule has 1 aromatic carbocycles. The van der Waals surface area contributed by atoms with Crippen molar-refractivity contribution in [2.75, 3.05) is 0 Å². The van der Waals surface area contributed by atoms with Crippen molar-refractivity contribution in [3.8, 4) is 5.75 Å². The molecule has 2 heteroatoms. The first kappa shape index (κ1) is 15.0. The fraction of sp³-hybridized carbons (Fsp3) is 0.625. The Hall–Kier alpha value is -1.02. The van der Waals surface area contributed by atoms with E-state index in [1.807, 2.05) is 0 Å². The van der Waals surface area contributed by atoms with Gasteiger partial charge in [0, 0.05) is 12.1 Å². The number of rotatable bonds is 6. The van der Waals surface area contributed by atoms with Gasteiger partial charge in [-0.05, 0) is 51.3 Å². The van der Waals surface area contributed by atoms with Crippen molar-refractivity contribution in [2.45, 2.75) is 66.2 Å². The number of nitrogens with one attached hydrogen (secondary N) is 1. The molecular weight excluding hydrogens is 222 g/mol. The van der Waals surface area contributed by atoms with E-state index >= 15 is 0 Å². The third-order valence-electron chi connectivity index (χ3n) is 2.76. The summed E-state index contributed by atoms with van der Waals surface area (Å²) in [5, 5.41) is 3.53. The molecule has 1 atom stereocenters. The lowest BCUT2D eigenvalue weighted by molar-refractivity contribution is 0.240. The predicted octanol–water partition coefficient (Wildman–Crippen LogP) is 3.71. The summed E-state index contributed by atoms with van der Waals surface area (Å²) >= 11 is 0. The molecule has 1 aromatic rings. The number of ether oxygens (including phenoxy) is 1. The molecule has 0 fully saturated rings. The molecule has 1 rings (SSSR count). The molecule has 0 saturated carbocycles. The van der Waals surface area contributed by atoms with E-state index in [4.69, 9.17) is 4.74 Å². The van der Waals surface area contributed by atoms with Crippen molar-refractivity contribution in [1.82, 2.24) is 5.32 Å². The van der Waals surface area contributed by atoms with E-state index in [1.54, 1.807) is 0 Å². The number of benzene rings is 1. The van der Waals surface area contributed by atoms with Gasteiger partial charge in [0.1, 0.15) is 5.75 Å². The summed E-state index contributed by atoms with van der Waals surface area (Å²) < 4.78 is 5.75. The number of aryl methyl sites for hydroxylation is 1. The van der Waals surface area contributed by atoms with Gasteiger partial charge in [0.2, 0.25) is 0 Å². The molecule has 0 radical (unpaired) electrons. The molecular formula is C16H27NO. The lowest BCUT2D eigenvalue weighted by Crippen LogP contribution is -2.33. The molecule has 0 saturated heterocycles. The average molecular weight is 249 g/mol. The quantitative estimate of drug-likeness (QED) is 0.830. The lowest BCUT2D eigenvalue weighted by atomic mass is 10.0. The first-order chi connectivity index (χ1) is 8.38. The highest BCUT2D eigenvalue weighted by atomic mass is 16.5. The Morgan fingerprint density at radius 1 is 1.11 bits per heavy atom. The van der Waals surface area contributed by atoms with Crippen molar-refractivity contribution in [2.24, 2.45) is 0 Å². The smallest absolute Gasteiger partial charge is 0.122 e. The van der Waals surface area contributed by atoms with Gasteiger partial charge in [-0.3, -0.25) is 0 Å². The van der Waals surface area contributed by atoms with E-state index in [9.17, 15) is 0 Å². The highest BCUT2D eigenvalue weighted by molar-refractivity contribution is 5.36. The maximum atomic E-state index is 5.75. The Morgan fingerprint density at radius 2 is 1.78 bits per heavy atom. The highest BCUT2D eigenvalue weighted by Crippen LogP contribution is 2.21. The van der Waals surface area contributed by atoms with Crippen LogP contribution in [0.3, 0.4) is 0 Å². The van der Waals surface area contributed by atoms with Gasteiger partial charge in [0.05, 0.1) is 6.10 Å². The van der Waals surface area contributed by atoms with Crippen LogP contribution in [0.5, 0.6) is 5.75 Å². The second-order valence-corrected chi connectivity index (χ2v) is 5.69. The van der Waals surface area contributed by atoms with Crippen molar-refractivity contribution < 1.29 is 4.74 Å². The summed E-state index contributed by atoms with van der Waals surface area (Å²) in [5.41, 5.74) is 2.59. The van der Waals surface area contributed by atoms with E-state index in [2.05, 4.69) is 65.1 Å². The van der Waals surface area contributed by atoms with Gasteiger partial charge in [-0.1, -0.05) is 26.0 Å². The molecule has 0 aliphatic rings. The molecule has 0 aliphatic heterocycles. The molecule has 102 valence electrons. The van der Waals surface area contributed by atoms with Crippen LogP contribution in [0.15, 0.2) is 18.2 Å². The Bertz CT molecular complexity index is 371. The van der Waals surface area contributed by atoms with E-state index in [0.29, 0.717) is 12.1 Å². The van der Waals surface area contributed by atoms with Crippen molar-refractivity contribution in [1.29, 1.82) is 0 Å². The highest BCUT2D eigenvalue weighted by Gasteiger charge is 2.07. The minimum absolute atomic E-state index is 0.232. The molecule has 0 bridgehead atoms.